The second-order valence-electron chi connectivity index (χ2n) is 4.77. The van der Waals surface area contributed by atoms with E-state index in [1.807, 2.05) is 6.08 Å². The summed E-state index contributed by atoms with van der Waals surface area (Å²) in [6, 6.07) is 2.14. The number of thiophene rings is 1. The number of carbonyl (C=O) groups excluding carboxylic acids is 1. The highest BCUT2D eigenvalue weighted by Gasteiger charge is 2.20. The summed E-state index contributed by atoms with van der Waals surface area (Å²) in [6.07, 6.45) is 9.32. The predicted molar refractivity (Wildman–Crippen MR) is 73.2 cm³/mol. The first-order valence-electron chi connectivity index (χ1n) is 5.90. The molecule has 1 unspecified atom stereocenters. The van der Waals surface area contributed by atoms with Crippen molar-refractivity contribution in [3.63, 3.8) is 0 Å². The third-order valence-corrected chi connectivity index (χ3v) is 4.53. The fraction of sp³-hybridized carbons (Fsp3) is 0.267. The summed E-state index contributed by atoms with van der Waals surface area (Å²) in [5.41, 5.74) is 3.73. The van der Waals surface area contributed by atoms with Crippen LogP contribution in [0.1, 0.15) is 40.4 Å². The molecule has 1 heterocycles. The largest absolute Gasteiger partial charge is 0.288 e. The Morgan fingerprint density at radius 2 is 2.18 bits per heavy atom. The molecule has 2 heteroatoms. The van der Waals surface area contributed by atoms with E-state index in [9.17, 15) is 4.79 Å². The molecule has 2 aliphatic rings. The van der Waals surface area contributed by atoms with Crippen LogP contribution in [-0.2, 0) is 0 Å². The van der Waals surface area contributed by atoms with Gasteiger partial charge in [0.15, 0.2) is 5.78 Å². The van der Waals surface area contributed by atoms with E-state index < -0.39 is 0 Å². The van der Waals surface area contributed by atoms with E-state index >= 15 is 0 Å². The van der Waals surface area contributed by atoms with Gasteiger partial charge in [-0.25, -0.2) is 0 Å². The number of ketones is 1. The van der Waals surface area contributed by atoms with Crippen molar-refractivity contribution in [2.24, 2.45) is 5.92 Å². The summed E-state index contributed by atoms with van der Waals surface area (Å²) < 4.78 is 0. The molecule has 17 heavy (non-hydrogen) atoms. The van der Waals surface area contributed by atoms with Gasteiger partial charge in [0.05, 0.1) is 4.88 Å². The molecule has 2 aliphatic carbocycles. The van der Waals surface area contributed by atoms with Crippen LogP contribution in [0, 0.1) is 5.92 Å². The molecular formula is C15H14OS. The van der Waals surface area contributed by atoms with Crippen molar-refractivity contribution in [2.75, 3.05) is 0 Å². The Morgan fingerprint density at radius 1 is 1.35 bits per heavy atom. The summed E-state index contributed by atoms with van der Waals surface area (Å²) in [6.45, 7) is 4.38. The highest BCUT2D eigenvalue weighted by molar-refractivity contribution is 7.15. The van der Waals surface area contributed by atoms with Gasteiger partial charge in [-0.2, -0.15) is 0 Å². The maximum atomic E-state index is 11.6. The first-order chi connectivity index (χ1) is 8.15. The molecule has 0 N–H and O–H groups in total. The van der Waals surface area contributed by atoms with Crippen LogP contribution in [0.15, 0.2) is 29.9 Å². The Bertz CT molecular complexity index is 584. The van der Waals surface area contributed by atoms with E-state index in [4.69, 9.17) is 0 Å². The Morgan fingerprint density at radius 3 is 2.94 bits per heavy atom. The molecule has 1 nitrogen and oxygen atoms in total. The van der Waals surface area contributed by atoms with Crippen LogP contribution in [0.3, 0.4) is 0 Å². The van der Waals surface area contributed by atoms with Gasteiger partial charge in [-0.15, -0.1) is 11.3 Å². The monoisotopic (exact) mass is 242 g/mol. The van der Waals surface area contributed by atoms with E-state index in [0.717, 1.165) is 16.9 Å². The van der Waals surface area contributed by atoms with Gasteiger partial charge in [0.2, 0.25) is 0 Å². The standard InChI is InChI=1S/C15H14OS/c1-9-3-4-10(2)12(7-9)14-8-11-5-6-13(16)15(11)17-14/h4-9H,3H2,1-2H3. The summed E-state index contributed by atoms with van der Waals surface area (Å²) in [4.78, 5) is 13.7. The van der Waals surface area contributed by atoms with Crippen LogP contribution < -0.4 is 0 Å². The lowest BCUT2D eigenvalue weighted by Crippen LogP contribution is -1.97. The van der Waals surface area contributed by atoms with Gasteiger partial charge in [0.25, 0.3) is 0 Å². The van der Waals surface area contributed by atoms with Crippen molar-refractivity contribution in [3.8, 4) is 0 Å². The normalized spacial score (nSPS) is 22.5. The molecule has 86 valence electrons. The first kappa shape index (κ1) is 10.7. The predicted octanol–water partition coefficient (Wildman–Crippen LogP) is 4.33. The Balaban J connectivity index is 2.06. The summed E-state index contributed by atoms with van der Waals surface area (Å²) in [7, 11) is 0. The Labute approximate surface area is 105 Å². The smallest absolute Gasteiger partial charge is 0.196 e. The SMILES string of the molecule is CC1=CCC(C)C=C1c1cc2c(s1)C(=O)C=C2. The highest BCUT2D eigenvalue weighted by atomic mass is 32.1. The van der Waals surface area contributed by atoms with Crippen molar-refractivity contribution in [1.82, 2.24) is 0 Å². The van der Waals surface area contributed by atoms with Crippen LogP contribution in [0.25, 0.3) is 11.6 Å². The van der Waals surface area contributed by atoms with Crippen molar-refractivity contribution in [3.05, 3.63) is 45.2 Å². The molecule has 1 aromatic heterocycles. The molecule has 3 rings (SSSR count). The van der Waals surface area contributed by atoms with Crippen molar-refractivity contribution in [2.45, 2.75) is 20.3 Å². The molecular weight excluding hydrogens is 228 g/mol. The highest BCUT2D eigenvalue weighted by Crippen LogP contribution is 2.38. The number of fused-ring (bicyclic) bond motifs is 1. The van der Waals surface area contributed by atoms with Crippen molar-refractivity contribution in [1.29, 1.82) is 0 Å². The number of rotatable bonds is 1. The third kappa shape index (κ3) is 1.73. The van der Waals surface area contributed by atoms with E-state index in [2.05, 4.69) is 32.1 Å². The second-order valence-corrected chi connectivity index (χ2v) is 5.83. The summed E-state index contributed by atoms with van der Waals surface area (Å²) in [5, 5.41) is 0. The Hall–Kier alpha value is -1.41. The third-order valence-electron chi connectivity index (χ3n) is 3.34. The van der Waals surface area contributed by atoms with Crippen LogP contribution in [0.4, 0.5) is 0 Å². The zero-order valence-corrected chi connectivity index (χ0v) is 10.8. The molecule has 1 atom stereocenters. The minimum atomic E-state index is 0.155. The lowest BCUT2D eigenvalue weighted by atomic mass is 9.91. The van der Waals surface area contributed by atoms with E-state index in [0.29, 0.717) is 5.92 Å². The minimum absolute atomic E-state index is 0.155. The van der Waals surface area contributed by atoms with Crippen molar-refractivity contribution >= 4 is 28.8 Å². The second kappa shape index (κ2) is 3.81. The first-order valence-corrected chi connectivity index (χ1v) is 6.72. The average Bonchev–Trinajstić information content (AvgIpc) is 2.85. The number of hydrogen-bond acceptors (Lipinski definition) is 2. The van der Waals surface area contributed by atoms with E-state index in [1.165, 1.54) is 16.0 Å². The topological polar surface area (TPSA) is 17.1 Å². The molecule has 0 amide bonds. The molecule has 0 aromatic carbocycles. The van der Waals surface area contributed by atoms with Crippen LogP contribution in [0.2, 0.25) is 0 Å². The number of carbonyl (C=O) groups is 1. The van der Waals surface area contributed by atoms with Crippen LogP contribution in [0.5, 0.6) is 0 Å². The lowest BCUT2D eigenvalue weighted by Gasteiger charge is -2.15. The number of hydrogen-bond donors (Lipinski definition) is 0. The molecule has 0 saturated heterocycles. The Kier molecular flexibility index (Phi) is 2.40. The summed E-state index contributed by atoms with van der Waals surface area (Å²) in [5.74, 6) is 0.749. The molecule has 0 radical (unpaired) electrons. The van der Waals surface area contributed by atoms with Gasteiger partial charge in [-0.1, -0.05) is 19.1 Å². The molecule has 0 bridgehead atoms. The zero-order chi connectivity index (χ0) is 12.0. The van der Waals surface area contributed by atoms with Gasteiger partial charge in [0, 0.05) is 4.88 Å². The lowest BCUT2D eigenvalue weighted by molar-refractivity contribution is 0.105. The quantitative estimate of drug-likeness (QED) is 0.716. The molecule has 1 aromatic rings. The van der Waals surface area contributed by atoms with Gasteiger partial charge in [-0.3, -0.25) is 4.79 Å². The maximum absolute atomic E-state index is 11.6. The van der Waals surface area contributed by atoms with Crippen LogP contribution in [-0.4, -0.2) is 5.78 Å². The zero-order valence-electron chi connectivity index (χ0n) is 9.99. The van der Waals surface area contributed by atoms with E-state index in [-0.39, 0.29) is 5.78 Å². The van der Waals surface area contributed by atoms with Gasteiger partial charge >= 0.3 is 0 Å². The fourth-order valence-electron chi connectivity index (χ4n) is 2.33. The molecule has 0 saturated carbocycles. The number of allylic oxidation sites excluding steroid dienone is 5. The van der Waals surface area contributed by atoms with Gasteiger partial charge < -0.3 is 0 Å². The molecule has 0 fully saturated rings. The van der Waals surface area contributed by atoms with E-state index in [1.54, 1.807) is 17.4 Å². The van der Waals surface area contributed by atoms with Crippen LogP contribution >= 0.6 is 11.3 Å². The van der Waals surface area contributed by atoms with Gasteiger partial charge in [-0.05, 0) is 54.2 Å². The maximum Gasteiger partial charge on any atom is 0.196 e. The fourth-order valence-corrected chi connectivity index (χ4v) is 3.49. The summed E-state index contributed by atoms with van der Waals surface area (Å²) >= 11 is 1.62. The molecule has 0 spiro atoms. The van der Waals surface area contributed by atoms with Crippen molar-refractivity contribution < 1.29 is 4.79 Å². The molecule has 0 aliphatic heterocycles. The van der Waals surface area contributed by atoms with Gasteiger partial charge in [0.1, 0.15) is 0 Å². The average molecular weight is 242 g/mol. The minimum Gasteiger partial charge on any atom is -0.288 e.